The summed E-state index contributed by atoms with van der Waals surface area (Å²) < 4.78 is 6.56. The van der Waals surface area contributed by atoms with Crippen molar-refractivity contribution in [1.82, 2.24) is 14.9 Å². The van der Waals surface area contributed by atoms with Crippen LogP contribution >= 0.6 is 0 Å². The first-order valence-electron chi connectivity index (χ1n) is 9.10. The van der Waals surface area contributed by atoms with Crippen LogP contribution in [0.15, 0.2) is 49.1 Å². The molecule has 1 N–H and O–H groups in total. The Hall–Kier alpha value is -1.82. The van der Waals surface area contributed by atoms with Gasteiger partial charge in [-0.2, -0.15) is 0 Å². The van der Waals surface area contributed by atoms with Gasteiger partial charge in [0, 0.05) is 50.4 Å². The van der Waals surface area contributed by atoms with E-state index in [2.05, 4.69) is 27.0 Å². The summed E-state index contributed by atoms with van der Waals surface area (Å²) in [5, 5.41) is 10.4. The molecule has 2 aromatic rings. The van der Waals surface area contributed by atoms with Crippen molar-refractivity contribution in [1.29, 1.82) is 0 Å². The fourth-order valence-electron chi connectivity index (χ4n) is 4.14. The van der Waals surface area contributed by atoms with E-state index in [1.165, 1.54) is 5.56 Å². The topological polar surface area (TPSA) is 58.5 Å². The third kappa shape index (κ3) is 3.89. The van der Waals surface area contributed by atoms with Gasteiger partial charge in [0.1, 0.15) is 6.33 Å². The average Bonchev–Trinajstić information content (AvgIpc) is 2.65. The first-order valence-corrected chi connectivity index (χ1v) is 9.10. The molecule has 2 atom stereocenters. The van der Waals surface area contributed by atoms with Crippen LogP contribution in [0.3, 0.4) is 0 Å². The van der Waals surface area contributed by atoms with Crippen molar-refractivity contribution >= 4 is 0 Å². The highest BCUT2D eigenvalue weighted by Crippen LogP contribution is 2.43. The number of aromatic nitrogens is 2. The van der Waals surface area contributed by atoms with Crippen LogP contribution in [0.2, 0.25) is 0 Å². The molecule has 2 aliphatic heterocycles. The van der Waals surface area contributed by atoms with Crippen LogP contribution in [0.5, 0.6) is 0 Å². The van der Waals surface area contributed by atoms with Crippen LogP contribution in [0.25, 0.3) is 0 Å². The Morgan fingerprint density at radius 1 is 1.12 bits per heavy atom. The number of piperidine rings is 1. The second-order valence-electron chi connectivity index (χ2n) is 7.32. The summed E-state index contributed by atoms with van der Waals surface area (Å²) >= 11 is 0. The zero-order valence-electron chi connectivity index (χ0n) is 14.4. The van der Waals surface area contributed by atoms with Crippen LogP contribution in [0.1, 0.15) is 42.9 Å². The molecule has 0 amide bonds. The minimum Gasteiger partial charge on any atom is -0.393 e. The van der Waals surface area contributed by atoms with Gasteiger partial charge < -0.3 is 9.84 Å². The van der Waals surface area contributed by atoms with Crippen molar-refractivity contribution < 1.29 is 9.84 Å². The Labute approximate surface area is 148 Å². The van der Waals surface area contributed by atoms with Crippen molar-refractivity contribution in [2.24, 2.45) is 0 Å². The van der Waals surface area contributed by atoms with Gasteiger partial charge >= 0.3 is 0 Å². The normalized spacial score (nSPS) is 26.6. The number of benzene rings is 1. The van der Waals surface area contributed by atoms with Gasteiger partial charge in [-0.1, -0.05) is 30.3 Å². The lowest BCUT2D eigenvalue weighted by atomic mass is 9.81. The highest BCUT2D eigenvalue weighted by Gasteiger charge is 2.43. The summed E-state index contributed by atoms with van der Waals surface area (Å²) in [5.74, 6) is 0. The van der Waals surface area contributed by atoms with Crippen molar-refractivity contribution in [2.75, 3.05) is 13.1 Å². The lowest BCUT2D eigenvalue weighted by Gasteiger charge is -2.48. The molecule has 132 valence electrons. The van der Waals surface area contributed by atoms with E-state index < -0.39 is 0 Å². The van der Waals surface area contributed by atoms with E-state index in [1.54, 1.807) is 6.33 Å². The summed E-state index contributed by atoms with van der Waals surface area (Å²) in [4.78, 5) is 10.6. The Kier molecular flexibility index (Phi) is 4.79. The number of rotatable bonds is 3. The molecule has 0 bridgehead atoms. The standard InChI is InChI=1S/C20H25N3O2/c24-18-10-19(17-4-2-1-3-5-17)25-20(11-18)6-8-23(9-7-20)14-16-12-21-15-22-13-16/h1-5,12-13,15,18-19,24H,6-11,14H2/t18-,19-/m1/s1. The average molecular weight is 339 g/mol. The van der Waals surface area contributed by atoms with Crippen LogP contribution in [0, 0.1) is 0 Å². The van der Waals surface area contributed by atoms with E-state index in [-0.39, 0.29) is 17.8 Å². The number of nitrogens with zero attached hydrogens (tertiary/aromatic N) is 3. The fraction of sp³-hybridized carbons (Fsp3) is 0.500. The van der Waals surface area contributed by atoms with Gasteiger partial charge in [-0.15, -0.1) is 0 Å². The second-order valence-corrected chi connectivity index (χ2v) is 7.32. The lowest BCUT2D eigenvalue weighted by Crippen LogP contribution is -2.50. The first-order chi connectivity index (χ1) is 12.2. The van der Waals surface area contributed by atoms with Gasteiger partial charge in [-0.05, 0) is 18.4 Å². The number of ether oxygens (including phenoxy) is 1. The molecule has 1 aromatic heterocycles. The van der Waals surface area contributed by atoms with Crippen molar-refractivity contribution in [3.63, 3.8) is 0 Å². The molecular formula is C20H25N3O2. The molecule has 1 spiro atoms. The molecule has 0 radical (unpaired) electrons. The number of likely N-dealkylation sites (tertiary alicyclic amines) is 1. The minimum atomic E-state index is -0.284. The highest BCUT2D eigenvalue weighted by atomic mass is 16.5. The fourth-order valence-corrected chi connectivity index (χ4v) is 4.14. The molecule has 2 saturated heterocycles. The molecule has 4 rings (SSSR count). The van der Waals surface area contributed by atoms with Crippen LogP contribution < -0.4 is 0 Å². The Morgan fingerprint density at radius 3 is 2.56 bits per heavy atom. The molecule has 0 saturated carbocycles. The maximum Gasteiger partial charge on any atom is 0.115 e. The van der Waals surface area contributed by atoms with Gasteiger partial charge in [-0.3, -0.25) is 4.90 Å². The van der Waals surface area contributed by atoms with Crippen LogP contribution in [-0.2, 0) is 11.3 Å². The molecule has 2 fully saturated rings. The second kappa shape index (κ2) is 7.20. The van der Waals surface area contributed by atoms with Gasteiger partial charge in [0.15, 0.2) is 0 Å². The molecule has 2 aliphatic rings. The van der Waals surface area contributed by atoms with Gasteiger partial charge in [-0.25, -0.2) is 9.97 Å². The van der Waals surface area contributed by atoms with Crippen molar-refractivity contribution in [3.8, 4) is 0 Å². The largest absolute Gasteiger partial charge is 0.393 e. The summed E-state index contributed by atoms with van der Waals surface area (Å²) in [5.41, 5.74) is 2.12. The molecule has 1 aromatic carbocycles. The summed E-state index contributed by atoms with van der Waals surface area (Å²) in [7, 11) is 0. The van der Waals surface area contributed by atoms with E-state index >= 15 is 0 Å². The Bertz CT molecular complexity index is 672. The zero-order valence-corrected chi connectivity index (χ0v) is 14.4. The predicted octanol–water partition coefficient (Wildman–Crippen LogP) is 2.72. The molecule has 0 unspecified atom stereocenters. The van der Waals surface area contributed by atoms with E-state index in [0.717, 1.165) is 44.5 Å². The molecular weight excluding hydrogens is 314 g/mol. The predicted molar refractivity (Wildman–Crippen MR) is 94.8 cm³/mol. The SMILES string of the molecule is O[C@@H]1C[C@H](c2ccccc2)OC2(CCN(Cc3cncnc3)CC2)C1. The molecule has 0 aliphatic carbocycles. The number of hydrogen-bond acceptors (Lipinski definition) is 5. The zero-order chi connectivity index (χ0) is 17.1. The monoisotopic (exact) mass is 339 g/mol. The number of hydrogen-bond donors (Lipinski definition) is 1. The Balaban J connectivity index is 1.41. The summed E-state index contributed by atoms with van der Waals surface area (Å²) in [6, 6.07) is 10.3. The minimum absolute atomic E-state index is 0.000904. The number of aliphatic hydroxyl groups is 1. The third-order valence-electron chi connectivity index (χ3n) is 5.44. The molecule has 5 heteroatoms. The van der Waals surface area contributed by atoms with E-state index in [1.807, 2.05) is 30.6 Å². The third-order valence-corrected chi connectivity index (χ3v) is 5.44. The Morgan fingerprint density at radius 2 is 1.84 bits per heavy atom. The molecule has 3 heterocycles. The van der Waals surface area contributed by atoms with Gasteiger partial charge in [0.05, 0.1) is 17.8 Å². The van der Waals surface area contributed by atoms with Crippen LogP contribution in [0.4, 0.5) is 0 Å². The van der Waals surface area contributed by atoms with Crippen molar-refractivity contribution in [2.45, 2.75) is 50.0 Å². The first kappa shape index (κ1) is 16.6. The van der Waals surface area contributed by atoms with Crippen molar-refractivity contribution in [3.05, 3.63) is 60.2 Å². The molecule has 5 nitrogen and oxygen atoms in total. The van der Waals surface area contributed by atoms with Gasteiger partial charge in [0.25, 0.3) is 0 Å². The van der Waals surface area contributed by atoms with E-state index in [4.69, 9.17) is 4.74 Å². The van der Waals surface area contributed by atoms with E-state index in [9.17, 15) is 5.11 Å². The maximum atomic E-state index is 10.4. The molecule has 25 heavy (non-hydrogen) atoms. The van der Waals surface area contributed by atoms with Crippen LogP contribution in [-0.4, -0.2) is 44.8 Å². The van der Waals surface area contributed by atoms with Gasteiger partial charge in [0.2, 0.25) is 0 Å². The highest BCUT2D eigenvalue weighted by molar-refractivity contribution is 5.19. The quantitative estimate of drug-likeness (QED) is 0.932. The lowest BCUT2D eigenvalue weighted by molar-refractivity contribution is -0.184. The summed E-state index contributed by atoms with van der Waals surface area (Å²) in [6.45, 7) is 2.83. The maximum absolute atomic E-state index is 10.4. The van der Waals surface area contributed by atoms with E-state index in [0.29, 0.717) is 6.42 Å². The number of aliphatic hydroxyl groups excluding tert-OH is 1. The summed E-state index contributed by atoms with van der Waals surface area (Å²) in [6.07, 6.45) is 8.40. The smallest absolute Gasteiger partial charge is 0.115 e.